The minimum atomic E-state index is -0.943. The summed E-state index contributed by atoms with van der Waals surface area (Å²) >= 11 is 0. The van der Waals surface area contributed by atoms with Gasteiger partial charge in [-0.05, 0) is 26.2 Å². The summed E-state index contributed by atoms with van der Waals surface area (Å²) in [4.78, 5) is 39.0. The minimum Gasteiger partial charge on any atom is -0.480 e. The molecular formula is C15H24N2O4. The Morgan fingerprint density at radius 3 is 2.76 bits per heavy atom. The summed E-state index contributed by atoms with van der Waals surface area (Å²) < 4.78 is 0. The van der Waals surface area contributed by atoms with Crippen LogP contribution in [-0.2, 0) is 14.4 Å². The predicted octanol–water partition coefficient (Wildman–Crippen LogP) is 1.10. The van der Waals surface area contributed by atoms with Crippen molar-refractivity contribution in [1.29, 1.82) is 0 Å². The Hall–Kier alpha value is -1.59. The van der Waals surface area contributed by atoms with E-state index in [2.05, 4.69) is 6.92 Å². The molecule has 0 aromatic carbocycles. The molecule has 3 atom stereocenters. The van der Waals surface area contributed by atoms with Crippen LogP contribution in [0.1, 0.15) is 46.0 Å². The molecule has 2 aliphatic rings. The van der Waals surface area contributed by atoms with Gasteiger partial charge >= 0.3 is 5.97 Å². The van der Waals surface area contributed by atoms with E-state index in [1.165, 1.54) is 4.90 Å². The molecule has 0 aromatic heterocycles. The average Bonchev–Trinajstić information content (AvgIpc) is 3.04. The number of aliphatic carboxylic acids is 1. The number of rotatable bonds is 5. The van der Waals surface area contributed by atoms with E-state index in [1.54, 1.807) is 4.90 Å². The fourth-order valence-electron chi connectivity index (χ4n) is 3.42. The fourth-order valence-corrected chi connectivity index (χ4v) is 3.42. The zero-order chi connectivity index (χ0) is 15.6. The van der Waals surface area contributed by atoms with Gasteiger partial charge in [-0.3, -0.25) is 9.59 Å². The van der Waals surface area contributed by atoms with Crippen molar-refractivity contribution in [2.75, 3.05) is 13.1 Å². The van der Waals surface area contributed by atoms with Gasteiger partial charge in [0.15, 0.2) is 0 Å². The normalized spacial score (nSPS) is 27.2. The predicted molar refractivity (Wildman–Crippen MR) is 76.6 cm³/mol. The van der Waals surface area contributed by atoms with Crippen LogP contribution in [0, 0.1) is 5.92 Å². The highest BCUT2D eigenvalue weighted by Crippen LogP contribution is 2.27. The van der Waals surface area contributed by atoms with Crippen LogP contribution in [0.3, 0.4) is 0 Å². The van der Waals surface area contributed by atoms with Crippen LogP contribution in [0.5, 0.6) is 0 Å². The van der Waals surface area contributed by atoms with Crippen LogP contribution in [0.2, 0.25) is 0 Å². The maximum absolute atomic E-state index is 12.5. The molecule has 3 unspecified atom stereocenters. The summed E-state index contributed by atoms with van der Waals surface area (Å²) in [5.74, 6) is -1.47. The van der Waals surface area contributed by atoms with Crippen molar-refractivity contribution in [1.82, 2.24) is 9.80 Å². The lowest BCUT2D eigenvalue weighted by atomic mass is 10.1. The molecule has 2 amide bonds. The Kier molecular flexibility index (Phi) is 4.85. The molecule has 2 saturated heterocycles. The number of carboxylic acids is 1. The Bertz CT molecular complexity index is 437. The molecule has 118 valence electrons. The van der Waals surface area contributed by atoms with Crippen molar-refractivity contribution >= 4 is 17.8 Å². The van der Waals surface area contributed by atoms with Gasteiger partial charge in [0.1, 0.15) is 6.04 Å². The van der Waals surface area contributed by atoms with Crippen LogP contribution < -0.4 is 0 Å². The van der Waals surface area contributed by atoms with E-state index in [0.29, 0.717) is 19.5 Å². The monoisotopic (exact) mass is 296 g/mol. The van der Waals surface area contributed by atoms with Crippen molar-refractivity contribution in [2.24, 2.45) is 5.92 Å². The van der Waals surface area contributed by atoms with Crippen LogP contribution in [0.15, 0.2) is 0 Å². The van der Waals surface area contributed by atoms with Gasteiger partial charge in [0.25, 0.3) is 0 Å². The summed E-state index contributed by atoms with van der Waals surface area (Å²) in [5, 5.41) is 9.17. The van der Waals surface area contributed by atoms with Crippen LogP contribution in [0.25, 0.3) is 0 Å². The Labute approximate surface area is 125 Å². The van der Waals surface area contributed by atoms with E-state index in [0.717, 1.165) is 19.3 Å². The smallest absolute Gasteiger partial charge is 0.326 e. The van der Waals surface area contributed by atoms with Gasteiger partial charge in [0.2, 0.25) is 11.8 Å². The Morgan fingerprint density at radius 1 is 1.43 bits per heavy atom. The zero-order valence-electron chi connectivity index (χ0n) is 12.7. The highest BCUT2D eigenvalue weighted by molar-refractivity contribution is 5.91. The highest BCUT2D eigenvalue weighted by atomic mass is 16.4. The third-order valence-corrected chi connectivity index (χ3v) is 4.57. The van der Waals surface area contributed by atoms with Crippen molar-refractivity contribution in [3.8, 4) is 0 Å². The van der Waals surface area contributed by atoms with E-state index in [-0.39, 0.29) is 30.2 Å². The molecule has 2 rings (SSSR count). The van der Waals surface area contributed by atoms with Crippen molar-refractivity contribution in [3.63, 3.8) is 0 Å². The van der Waals surface area contributed by atoms with E-state index in [4.69, 9.17) is 5.11 Å². The lowest BCUT2D eigenvalue weighted by Gasteiger charge is -2.26. The summed E-state index contributed by atoms with van der Waals surface area (Å²) in [5.41, 5.74) is 0. The molecule has 0 radical (unpaired) electrons. The number of nitrogens with zero attached hydrogens (tertiary/aromatic N) is 2. The molecule has 0 aliphatic carbocycles. The second-order valence-electron chi connectivity index (χ2n) is 6.11. The summed E-state index contributed by atoms with van der Waals surface area (Å²) in [7, 11) is 0. The number of carbonyl (C=O) groups excluding carboxylic acids is 2. The molecule has 2 aliphatic heterocycles. The maximum atomic E-state index is 12.5. The lowest BCUT2D eigenvalue weighted by molar-refractivity contribution is -0.149. The largest absolute Gasteiger partial charge is 0.480 e. The van der Waals surface area contributed by atoms with Crippen molar-refractivity contribution in [2.45, 2.75) is 58.0 Å². The Balaban J connectivity index is 2.01. The van der Waals surface area contributed by atoms with Crippen LogP contribution >= 0.6 is 0 Å². The molecule has 6 nitrogen and oxygen atoms in total. The summed E-state index contributed by atoms with van der Waals surface area (Å²) in [6, 6.07) is -0.566. The second kappa shape index (κ2) is 6.45. The van der Waals surface area contributed by atoms with Crippen LogP contribution in [0.4, 0.5) is 0 Å². The molecular weight excluding hydrogens is 272 g/mol. The molecule has 21 heavy (non-hydrogen) atoms. The first-order valence-electron chi connectivity index (χ1n) is 7.78. The molecule has 0 aromatic rings. The first-order chi connectivity index (χ1) is 9.95. The van der Waals surface area contributed by atoms with E-state index in [9.17, 15) is 14.4 Å². The third-order valence-electron chi connectivity index (χ3n) is 4.57. The third kappa shape index (κ3) is 3.19. The van der Waals surface area contributed by atoms with Gasteiger partial charge in [-0.25, -0.2) is 4.79 Å². The number of likely N-dealkylation sites (tertiary alicyclic amines) is 2. The molecule has 0 spiro atoms. The van der Waals surface area contributed by atoms with Gasteiger partial charge < -0.3 is 14.9 Å². The topological polar surface area (TPSA) is 77.9 Å². The number of hydrogen-bond acceptors (Lipinski definition) is 3. The average molecular weight is 296 g/mol. The lowest BCUT2D eigenvalue weighted by Crippen LogP contribution is -2.44. The zero-order valence-corrected chi connectivity index (χ0v) is 12.7. The first-order valence-corrected chi connectivity index (χ1v) is 7.78. The fraction of sp³-hybridized carbons (Fsp3) is 0.800. The van der Waals surface area contributed by atoms with Gasteiger partial charge in [0.05, 0.1) is 5.92 Å². The highest BCUT2D eigenvalue weighted by Gasteiger charge is 2.42. The molecule has 6 heteroatoms. The number of hydrogen-bond donors (Lipinski definition) is 1. The SMILES string of the molecule is CCCC(C)N1CC(C(=O)N2CCCC2C(=O)O)CC1=O. The van der Waals surface area contributed by atoms with E-state index < -0.39 is 12.0 Å². The van der Waals surface area contributed by atoms with Crippen molar-refractivity contribution in [3.05, 3.63) is 0 Å². The number of carboxylic acid groups (broad SMARTS) is 1. The van der Waals surface area contributed by atoms with E-state index in [1.807, 2.05) is 6.92 Å². The molecule has 0 saturated carbocycles. The number of carbonyl (C=O) groups is 3. The van der Waals surface area contributed by atoms with Crippen LogP contribution in [-0.4, -0.2) is 57.9 Å². The quantitative estimate of drug-likeness (QED) is 0.824. The second-order valence-corrected chi connectivity index (χ2v) is 6.11. The summed E-state index contributed by atoms with van der Waals surface area (Å²) in [6.45, 7) is 5.00. The first kappa shape index (κ1) is 15.8. The standard InChI is InChI=1S/C15H24N2O4/c1-3-5-10(2)17-9-11(8-13(17)18)14(19)16-7-4-6-12(16)15(20)21/h10-12H,3-9H2,1-2H3,(H,20,21). The Morgan fingerprint density at radius 2 is 2.14 bits per heavy atom. The summed E-state index contributed by atoms with van der Waals surface area (Å²) in [6.07, 6.45) is 3.37. The molecule has 0 bridgehead atoms. The van der Waals surface area contributed by atoms with Gasteiger partial charge in [-0.1, -0.05) is 13.3 Å². The molecule has 2 fully saturated rings. The van der Waals surface area contributed by atoms with Gasteiger partial charge in [-0.15, -0.1) is 0 Å². The van der Waals surface area contributed by atoms with Gasteiger partial charge in [-0.2, -0.15) is 0 Å². The van der Waals surface area contributed by atoms with E-state index >= 15 is 0 Å². The minimum absolute atomic E-state index is 0.0142. The molecule has 2 heterocycles. The van der Waals surface area contributed by atoms with Crippen molar-refractivity contribution < 1.29 is 19.5 Å². The molecule has 1 N–H and O–H groups in total. The maximum Gasteiger partial charge on any atom is 0.326 e. The van der Waals surface area contributed by atoms with Gasteiger partial charge in [0, 0.05) is 25.6 Å². The number of amides is 2.